The van der Waals surface area contributed by atoms with Gasteiger partial charge in [-0.05, 0) is 19.1 Å². The first-order chi connectivity index (χ1) is 9.78. The third-order valence-corrected chi connectivity index (χ3v) is 3.32. The van der Waals surface area contributed by atoms with Crippen molar-refractivity contribution in [2.45, 2.75) is 19.5 Å². The summed E-state index contributed by atoms with van der Waals surface area (Å²) in [6.07, 6.45) is 7.56. The Kier molecular flexibility index (Phi) is 3.35. The van der Waals surface area contributed by atoms with Crippen molar-refractivity contribution in [1.82, 2.24) is 19.6 Å². The fourth-order valence-corrected chi connectivity index (χ4v) is 2.12. The van der Waals surface area contributed by atoms with Gasteiger partial charge in [0.05, 0.1) is 24.1 Å². The highest BCUT2D eigenvalue weighted by molar-refractivity contribution is 5.33. The summed E-state index contributed by atoms with van der Waals surface area (Å²) in [6, 6.07) is 9.78. The molecule has 1 aromatic carbocycles. The SMILES string of the molecule is CCn1cc(C(N)c2cnn(-c3ccccc3)c2)cn1. The molecule has 3 rings (SSSR count). The summed E-state index contributed by atoms with van der Waals surface area (Å²) in [6.45, 7) is 2.89. The molecule has 0 saturated heterocycles. The molecule has 0 aliphatic rings. The summed E-state index contributed by atoms with van der Waals surface area (Å²) in [5.41, 5.74) is 9.27. The minimum absolute atomic E-state index is 0.201. The molecule has 3 aromatic rings. The van der Waals surface area contributed by atoms with Gasteiger partial charge in [0.2, 0.25) is 0 Å². The summed E-state index contributed by atoms with van der Waals surface area (Å²) in [5, 5.41) is 8.63. The van der Waals surface area contributed by atoms with Gasteiger partial charge in [-0.25, -0.2) is 4.68 Å². The lowest BCUT2D eigenvalue weighted by Gasteiger charge is -2.06. The zero-order chi connectivity index (χ0) is 13.9. The maximum atomic E-state index is 6.27. The van der Waals surface area contributed by atoms with Crippen LogP contribution < -0.4 is 5.73 Å². The summed E-state index contributed by atoms with van der Waals surface area (Å²) < 4.78 is 3.70. The molecule has 0 fully saturated rings. The summed E-state index contributed by atoms with van der Waals surface area (Å²) in [7, 11) is 0. The van der Waals surface area contributed by atoms with Crippen LogP contribution in [0.25, 0.3) is 5.69 Å². The van der Waals surface area contributed by atoms with E-state index in [1.54, 1.807) is 6.20 Å². The van der Waals surface area contributed by atoms with E-state index in [2.05, 4.69) is 17.1 Å². The molecule has 5 nitrogen and oxygen atoms in total. The van der Waals surface area contributed by atoms with E-state index in [0.717, 1.165) is 23.4 Å². The van der Waals surface area contributed by atoms with Crippen molar-refractivity contribution < 1.29 is 0 Å². The van der Waals surface area contributed by atoms with Crippen molar-refractivity contribution in [3.8, 4) is 5.69 Å². The molecule has 2 heterocycles. The van der Waals surface area contributed by atoms with Crippen molar-refractivity contribution in [1.29, 1.82) is 0 Å². The Labute approximate surface area is 117 Å². The predicted molar refractivity (Wildman–Crippen MR) is 77.5 cm³/mol. The van der Waals surface area contributed by atoms with Crippen LogP contribution in [0.15, 0.2) is 55.1 Å². The number of benzene rings is 1. The van der Waals surface area contributed by atoms with E-state index in [4.69, 9.17) is 5.73 Å². The van der Waals surface area contributed by atoms with Gasteiger partial charge in [0.1, 0.15) is 0 Å². The van der Waals surface area contributed by atoms with E-state index in [9.17, 15) is 0 Å². The van der Waals surface area contributed by atoms with Crippen LogP contribution >= 0.6 is 0 Å². The second kappa shape index (κ2) is 5.30. The lowest BCUT2D eigenvalue weighted by atomic mass is 10.1. The molecular formula is C15H17N5. The molecule has 2 N–H and O–H groups in total. The third kappa shape index (κ3) is 2.35. The van der Waals surface area contributed by atoms with Crippen LogP contribution in [0, 0.1) is 0 Å². The predicted octanol–water partition coefficient (Wildman–Crippen LogP) is 2.14. The number of aromatic nitrogens is 4. The topological polar surface area (TPSA) is 61.7 Å². The minimum atomic E-state index is -0.201. The van der Waals surface area contributed by atoms with Crippen molar-refractivity contribution in [2.24, 2.45) is 5.73 Å². The monoisotopic (exact) mass is 267 g/mol. The van der Waals surface area contributed by atoms with Gasteiger partial charge in [0, 0.05) is 30.1 Å². The number of hydrogen-bond donors (Lipinski definition) is 1. The van der Waals surface area contributed by atoms with Gasteiger partial charge in [-0.2, -0.15) is 10.2 Å². The Hall–Kier alpha value is -2.40. The van der Waals surface area contributed by atoms with E-state index < -0.39 is 0 Å². The maximum absolute atomic E-state index is 6.27. The molecule has 0 saturated carbocycles. The highest BCUT2D eigenvalue weighted by Crippen LogP contribution is 2.19. The molecule has 5 heteroatoms. The van der Waals surface area contributed by atoms with E-state index in [1.807, 2.05) is 58.3 Å². The maximum Gasteiger partial charge on any atom is 0.0645 e. The smallest absolute Gasteiger partial charge is 0.0645 e. The molecule has 2 aromatic heterocycles. The van der Waals surface area contributed by atoms with E-state index in [0.29, 0.717) is 0 Å². The highest BCUT2D eigenvalue weighted by atomic mass is 15.3. The van der Waals surface area contributed by atoms with E-state index in [-0.39, 0.29) is 6.04 Å². The first-order valence-corrected chi connectivity index (χ1v) is 6.66. The minimum Gasteiger partial charge on any atom is -0.320 e. The van der Waals surface area contributed by atoms with Crippen LogP contribution in [0.3, 0.4) is 0 Å². The van der Waals surface area contributed by atoms with Crippen molar-refractivity contribution in [3.63, 3.8) is 0 Å². The number of rotatable bonds is 4. The Morgan fingerprint density at radius 1 is 1.05 bits per heavy atom. The Bertz CT molecular complexity index is 683. The van der Waals surface area contributed by atoms with Crippen LogP contribution in [0.1, 0.15) is 24.1 Å². The third-order valence-electron chi connectivity index (χ3n) is 3.32. The van der Waals surface area contributed by atoms with Crippen molar-refractivity contribution >= 4 is 0 Å². The number of hydrogen-bond acceptors (Lipinski definition) is 3. The number of nitrogens with zero attached hydrogens (tertiary/aromatic N) is 4. The van der Waals surface area contributed by atoms with Crippen LogP contribution in [0.4, 0.5) is 0 Å². The van der Waals surface area contributed by atoms with Gasteiger partial charge in [0.15, 0.2) is 0 Å². The Morgan fingerprint density at radius 2 is 1.75 bits per heavy atom. The molecule has 1 atom stereocenters. The molecule has 20 heavy (non-hydrogen) atoms. The second-order valence-corrected chi connectivity index (χ2v) is 4.66. The zero-order valence-electron chi connectivity index (χ0n) is 11.3. The largest absolute Gasteiger partial charge is 0.320 e. The Morgan fingerprint density at radius 3 is 2.45 bits per heavy atom. The van der Waals surface area contributed by atoms with Gasteiger partial charge in [0.25, 0.3) is 0 Å². The van der Waals surface area contributed by atoms with Crippen LogP contribution in [-0.2, 0) is 6.54 Å². The standard InChI is InChI=1S/C15H17N5/c1-2-19-10-12(8-17-19)15(16)13-9-18-20(11-13)14-6-4-3-5-7-14/h3-11,15H,2,16H2,1H3. The number of nitrogens with two attached hydrogens (primary N) is 1. The van der Waals surface area contributed by atoms with E-state index >= 15 is 0 Å². The lowest BCUT2D eigenvalue weighted by molar-refractivity contribution is 0.658. The molecule has 1 unspecified atom stereocenters. The second-order valence-electron chi connectivity index (χ2n) is 4.66. The zero-order valence-corrected chi connectivity index (χ0v) is 11.3. The molecular weight excluding hydrogens is 250 g/mol. The van der Waals surface area contributed by atoms with Gasteiger partial charge in [-0.15, -0.1) is 0 Å². The Balaban J connectivity index is 1.86. The normalized spacial score (nSPS) is 12.5. The van der Waals surface area contributed by atoms with Crippen molar-refractivity contribution in [2.75, 3.05) is 0 Å². The molecule has 0 radical (unpaired) electrons. The molecule has 0 aliphatic carbocycles. The number of para-hydroxylation sites is 1. The van der Waals surface area contributed by atoms with Gasteiger partial charge >= 0.3 is 0 Å². The lowest BCUT2D eigenvalue weighted by Crippen LogP contribution is -2.10. The van der Waals surface area contributed by atoms with Crippen LogP contribution in [-0.4, -0.2) is 19.6 Å². The quantitative estimate of drug-likeness (QED) is 0.787. The average molecular weight is 267 g/mol. The van der Waals surface area contributed by atoms with Crippen LogP contribution in [0.2, 0.25) is 0 Å². The highest BCUT2D eigenvalue weighted by Gasteiger charge is 2.13. The molecule has 0 amide bonds. The molecule has 102 valence electrons. The summed E-state index contributed by atoms with van der Waals surface area (Å²) >= 11 is 0. The fraction of sp³-hybridized carbons (Fsp3) is 0.200. The molecule has 0 bridgehead atoms. The average Bonchev–Trinajstić information content (AvgIpc) is 3.17. The fourth-order valence-electron chi connectivity index (χ4n) is 2.12. The molecule has 0 spiro atoms. The van der Waals surface area contributed by atoms with Crippen molar-refractivity contribution in [3.05, 3.63) is 66.2 Å². The molecule has 0 aliphatic heterocycles. The van der Waals surface area contributed by atoms with E-state index in [1.165, 1.54) is 0 Å². The summed E-state index contributed by atoms with van der Waals surface area (Å²) in [4.78, 5) is 0. The van der Waals surface area contributed by atoms with Crippen LogP contribution in [0.5, 0.6) is 0 Å². The first kappa shape index (κ1) is 12.6. The summed E-state index contributed by atoms with van der Waals surface area (Å²) in [5.74, 6) is 0. The van der Waals surface area contributed by atoms with Gasteiger partial charge in [-0.1, -0.05) is 18.2 Å². The number of aryl methyl sites for hydroxylation is 1. The van der Waals surface area contributed by atoms with Gasteiger partial charge in [-0.3, -0.25) is 4.68 Å². The first-order valence-electron chi connectivity index (χ1n) is 6.66. The van der Waals surface area contributed by atoms with Gasteiger partial charge < -0.3 is 5.73 Å².